The number of carbonyl (C=O) groups is 2. The summed E-state index contributed by atoms with van der Waals surface area (Å²) in [6.45, 7) is 4.15. The number of hydrogen-bond donors (Lipinski definition) is 2. The Balaban J connectivity index is 2.52. The van der Waals surface area contributed by atoms with Crippen LogP contribution in [0.3, 0.4) is 0 Å². The van der Waals surface area contributed by atoms with Gasteiger partial charge in [0.25, 0.3) is 0 Å². The highest BCUT2D eigenvalue weighted by atomic mass is 35.5. The standard InChI is InChI=1S/C11H15ClN4O2/c1-7(2)16-9(18)3-4-13-11-8(5-17)10(12)14-6-15-11/h5-7H,3-4H2,1-2H3,(H,16,18)(H,13,14,15). The monoisotopic (exact) mass is 270 g/mol. The Kier molecular flexibility index (Phi) is 5.51. The lowest BCUT2D eigenvalue weighted by atomic mass is 10.3. The Morgan fingerprint density at radius 1 is 1.50 bits per heavy atom. The summed E-state index contributed by atoms with van der Waals surface area (Å²) in [5.74, 6) is 0.271. The minimum Gasteiger partial charge on any atom is -0.369 e. The van der Waals surface area contributed by atoms with E-state index in [1.165, 1.54) is 6.33 Å². The molecule has 1 heterocycles. The number of anilines is 1. The summed E-state index contributed by atoms with van der Waals surface area (Å²) < 4.78 is 0. The number of nitrogens with zero attached hydrogens (tertiary/aromatic N) is 2. The van der Waals surface area contributed by atoms with Crippen molar-refractivity contribution < 1.29 is 9.59 Å². The average Bonchev–Trinajstić information content (AvgIpc) is 2.28. The number of carbonyl (C=O) groups excluding carboxylic acids is 2. The smallest absolute Gasteiger partial charge is 0.221 e. The van der Waals surface area contributed by atoms with Crippen molar-refractivity contribution in [3.05, 3.63) is 17.0 Å². The van der Waals surface area contributed by atoms with E-state index in [4.69, 9.17) is 11.6 Å². The maximum atomic E-state index is 11.4. The molecule has 0 radical (unpaired) electrons. The van der Waals surface area contributed by atoms with Gasteiger partial charge in [0.1, 0.15) is 17.3 Å². The Bertz CT molecular complexity index is 437. The second-order valence-corrected chi connectivity index (χ2v) is 4.30. The minimum absolute atomic E-state index is 0.0645. The first-order valence-corrected chi connectivity index (χ1v) is 5.91. The fourth-order valence-electron chi connectivity index (χ4n) is 1.31. The molecule has 18 heavy (non-hydrogen) atoms. The van der Waals surface area contributed by atoms with E-state index in [2.05, 4.69) is 20.6 Å². The largest absolute Gasteiger partial charge is 0.369 e. The molecule has 1 rings (SSSR count). The van der Waals surface area contributed by atoms with Gasteiger partial charge in [0.05, 0.1) is 5.56 Å². The molecule has 0 saturated heterocycles. The molecule has 0 fully saturated rings. The van der Waals surface area contributed by atoms with Crippen molar-refractivity contribution in [2.45, 2.75) is 26.3 Å². The van der Waals surface area contributed by atoms with Gasteiger partial charge in [0, 0.05) is 19.0 Å². The molecule has 0 aliphatic heterocycles. The van der Waals surface area contributed by atoms with Crippen LogP contribution in [0.5, 0.6) is 0 Å². The third-order valence-electron chi connectivity index (χ3n) is 2.05. The maximum Gasteiger partial charge on any atom is 0.221 e. The first kappa shape index (κ1) is 14.4. The fraction of sp³-hybridized carbons (Fsp3) is 0.455. The van der Waals surface area contributed by atoms with Gasteiger partial charge < -0.3 is 10.6 Å². The number of hydrogen-bond acceptors (Lipinski definition) is 5. The van der Waals surface area contributed by atoms with Crippen molar-refractivity contribution in [3.8, 4) is 0 Å². The highest BCUT2D eigenvalue weighted by Gasteiger charge is 2.09. The van der Waals surface area contributed by atoms with Crippen LogP contribution in [0.1, 0.15) is 30.6 Å². The van der Waals surface area contributed by atoms with Gasteiger partial charge in [0.2, 0.25) is 5.91 Å². The van der Waals surface area contributed by atoms with E-state index in [0.717, 1.165) is 0 Å². The van der Waals surface area contributed by atoms with E-state index in [1.54, 1.807) is 0 Å². The number of amides is 1. The molecular formula is C11H15ClN4O2. The van der Waals surface area contributed by atoms with Crippen molar-refractivity contribution in [1.29, 1.82) is 0 Å². The normalized spacial score (nSPS) is 10.2. The fourth-order valence-corrected chi connectivity index (χ4v) is 1.49. The van der Waals surface area contributed by atoms with E-state index < -0.39 is 0 Å². The van der Waals surface area contributed by atoms with Gasteiger partial charge in [-0.05, 0) is 13.8 Å². The SMILES string of the molecule is CC(C)NC(=O)CCNc1ncnc(Cl)c1C=O. The summed E-state index contributed by atoms with van der Waals surface area (Å²) in [6, 6.07) is 0.108. The number of aldehydes is 1. The van der Waals surface area contributed by atoms with E-state index in [0.29, 0.717) is 18.6 Å². The number of nitrogens with one attached hydrogen (secondary N) is 2. The summed E-state index contributed by atoms with van der Waals surface area (Å²) in [4.78, 5) is 29.8. The Morgan fingerprint density at radius 3 is 2.83 bits per heavy atom. The highest BCUT2D eigenvalue weighted by Crippen LogP contribution is 2.16. The molecule has 0 atom stereocenters. The van der Waals surface area contributed by atoms with Crippen LogP contribution in [-0.2, 0) is 4.79 Å². The van der Waals surface area contributed by atoms with Crippen LogP contribution in [0.15, 0.2) is 6.33 Å². The molecule has 0 saturated carbocycles. The molecule has 0 aliphatic carbocycles. The second-order valence-electron chi connectivity index (χ2n) is 3.94. The van der Waals surface area contributed by atoms with Gasteiger partial charge >= 0.3 is 0 Å². The topological polar surface area (TPSA) is 84.0 Å². The lowest BCUT2D eigenvalue weighted by Crippen LogP contribution is -2.31. The molecule has 6 nitrogen and oxygen atoms in total. The summed E-state index contributed by atoms with van der Waals surface area (Å²) >= 11 is 5.74. The molecule has 0 unspecified atom stereocenters. The van der Waals surface area contributed by atoms with Crippen LogP contribution in [0, 0.1) is 0 Å². The van der Waals surface area contributed by atoms with Gasteiger partial charge in [-0.3, -0.25) is 9.59 Å². The van der Waals surface area contributed by atoms with Gasteiger partial charge in [-0.25, -0.2) is 9.97 Å². The molecule has 0 spiro atoms. The summed E-state index contributed by atoms with van der Waals surface area (Å²) in [6.07, 6.45) is 2.13. The van der Waals surface area contributed by atoms with Gasteiger partial charge in [-0.2, -0.15) is 0 Å². The molecule has 7 heteroatoms. The van der Waals surface area contributed by atoms with Crippen LogP contribution in [0.25, 0.3) is 0 Å². The maximum absolute atomic E-state index is 11.4. The van der Waals surface area contributed by atoms with E-state index in [-0.39, 0.29) is 29.1 Å². The highest BCUT2D eigenvalue weighted by molar-refractivity contribution is 6.32. The number of halogens is 1. The molecule has 2 N–H and O–H groups in total. The lowest BCUT2D eigenvalue weighted by molar-refractivity contribution is -0.121. The van der Waals surface area contributed by atoms with Gasteiger partial charge in [-0.15, -0.1) is 0 Å². The van der Waals surface area contributed by atoms with Crippen molar-refractivity contribution in [2.24, 2.45) is 0 Å². The molecule has 1 amide bonds. The zero-order chi connectivity index (χ0) is 13.5. The quantitative estimate of drug-likeness (QED) is 0.601. The van der Waals surface area contributed by atoms with Crippen LogP contribution >= 0.6 is 11.6 Å². The summed E-state index contributed by atoms with van der Waals surface area (Å²) in [7, 11) is 0. The van der Waals surface area contributed by atoms with Crippen LogP contribution in [-0.4, -0.2) is 34.7 Å². The molecular weight excluding hydrogens is 256 g/mol. The van der Waals surface area contributed by atoms with E-state index in [1.807, 2.05) is 13.8 Å². The van der Waals surface area contributed by atoms with Gasteiger partial charge in [-0.1, -0.05) is 11.6 Å². The molecule has 0 aromatic carbocycles. The molecule has 1 aromatic rings. The zero-order valence-corrected chi connectivity index (χ0v) is 11.0. The van der Waals surface area contributed by atoms with E-state index >= 15 is 0 Å². The number of aromatic nitrogens is 2. The Labute approximate surface area is 110 Å². The summed E-state index contributed by atoms with van der Waals surface area (Å²) in [5, 5.41) is 5.74. The van der Waals surface area contributed by atoms with Crippen LogP contribution in [0.4, 0.5) is 5.82 Å². The first-order chi connectivity index (χ1) is 8.54. The van der Waals surface area contributed by atoms with Crippen LogP contribution < -0.4 is 10.6 Å². The second kappa shape index (κ2) is 6.90. The van der Waals surface area contributed by atoms with Crippen molar-refractivity contribution >= 4 is 29.6 Å². The third kappa shape index (κ3) is 4.29. The number of rotatable bonds is 6. The first-order valence-electron chi connectivity index (χ1n) is 5.53. The zero-order valence-electron chi connectivity index (χ0n) is 10.2. The predicted octanol–water partition coefficient (Wildman–Crippen LogP) is 1.27. The van der Waals surface area contributed by atoms with Crippen molar-refractivity contribution in [1.82, 2.24) is 15.3 Å². The van der Waals surface area contributed by atoms with Crippen LogP contribution in [0.2, 0.25) is 5.15 Å². The molecule has 0 aliphatic rings. The van der Waals surface area contributed by atoms with Crippen molar-refractivity contribution in [2.75, 3.05) is 11.9 Å². The Morgan fingerprint density at radius 2 is 2.22 bits per heavy atom. The molecule has 0 bridgehead atoms. The molecule has 98 valence electrons. The third-order valence-corrected chi connectivity index (χ3v) is 2.35. The summed E-state index contributed by atoms with van der Waals surface area (Å²) in [5.41, 5.74) is 0.198. The predicted molar refractivity (Wildman–Crippen MR) is 68.8 cm³/mol. The van der Waals surface area contributed by atoms with Crippen molar-refractivity contribution in [3.63, 3.8) is 0 Å². The molecule has 1 aromatic heterocycles. The minimum atomic E-state index is -0.0645. The lowest BCUT2D eigenvalue weighted by Gasteiger charge is -2.10. The Hall–Kier alpha value is -1.69. The van der Waals surface area contributed by atoms with Gasteiger partial charge in [0.15, 0.2) is 6.29 Å². The van der Waals surface area contributed by atoms with E-state index in [9.17, 15) is 9.59 Å². The average molecular weight is 271 g/mol.